The summed E-state index contributed by atoms with van der Waals surface area (Å²) in [4.78, 5) is 49.8. The monoisotopic (exact) mass is 466 g/mol. The van der Waals surface area contributed by atoms with Crippen molar-refractivity contribution in [3.63, 3.8) is 0 Å². The molecule has 2 aliphatic rings. The van der Waals surface area contributed by atoms with E-state index >= 15 is 0 Å². The fourth-order valence-electron chi connectivity index (χ4n) is 4.13. The molecule has 5 amide bonds. The highest BCUT2D eigenvalue weighted by Gasteiger charge is 2.52. The summed E-state index contributed by atoms with van der Waals surface area (Å²) in [6.07, 6.45) is 3.87. The van der Waals surface area contributed by atoms with Crippen molar-refractivity contribution in [3.8, 4) is 11.5 Å². The first-order valence-corrected chi connectivity index (χ1v) is 11.0. The van der Waals surface area contributed by atoms with Gasteiger partial charge in [0.2, 0.25) is 0 Å². The van der Waals surface area contributed by atoms with Crippen molar-refractivity contribution in [2.24, 2.45) is 0 Å². The van der Waals surface area contributed by atoms with Crippen LogP contribution in [0.2, 0.25) is 0 Å². The smallest absolute Gasteiger partial charge is 0.344 e. The van der Waals surface area contributed by atoms with E-state index in [0.29, 0.717) is 30.0 Å². The van der Waals surface area contributed by atoms with Gasteiger partial charge in [0.1, 0.15) is 17.0 Å². The summed E-state index contributed by atoms with van der Waals surface area (Å²) >= 11 is 0. The highest BCUT2D eigenvalue weighted by Crippen LogP contribution is 2.33. The van der Waals surface area contributed by atoms with E-state index in [4.69, 9.17) is 9.47 Å². The lowest BCUT2D eigenvalue weighted by molar-refractivity contribution is -0.134. The topological polar surface area (TPSA) is 126 Å². The first kappa shape index (κ1) is 23.1. The molecule has 4 rings (SSSR count). The molecule has 1 aliphatic heterocycles. The first-order valence-electron chi connectivity index (χ1n) is 11.0. The van der Waals surface area contributed by atoms with Crippen molar-refractivity contribution in [3.05, 3.63) is 54.1 Å². The number of benzene rings is 2. The summed E-state index contributed by atoms with van der Waals surface area (Å²) in [5.74, 6) is -0.375. The van der Waals surface area contributed by atoms with Crippen LogP contribution in [0, 0.1) is 0 Å². The predicted molar refractivity (Wildman–Crippen MR) is 122 cm³/mol. The molecule has 34 heavy (non-hydrogen) atoms. The number of nitrogens with one attached hydrogen (secondary N) is 3. The Hall–Kier alpha value is -4.08. The van der Waals surface area contributed by atoms with Crippen molar-refractivity contribution in [2.75, 3.05) is 19.0 Å². The third-order valence-electron chi connectivity index (χ3n) is 5.92. The lowest BCUT2D eigenvalue weighted by Crippen LogP contribution is -2.50. The zero-order valence-corrected chi connectivity index (χ0v) is 18.8. The molecule has 1 heterocycles. The van der Waals surface area contributed by atoms with E-state index in [-0.39, 0.29) is 18.1 Å². The van der Waals surface area contributed by atoms with Gasteiger partial charge < -0.3 is 20.1 Å². The van der Waals surface area contributed by atoms with E-state index in [9.17, 15) is 19.2 Å². The molecule has 0 aromatic heterocycles. The van der Waals surface area contributed by atoms with Gasteiger partial charge in [-0.3, -0.25) is 19.8 Å². The van der Waals surface area contributed by atoms with E-state index in [1.165, 1.54) is 24.3 Å². The molecule has 10 nitrogen and oxygen atoms in total. The average Bonchev–Trinajstić information content (AvgIpc) is 3.07. The van der Waals surface area contributed by atoms with Crippen molar-refractivity contribution in [1.82, 2.24) is 15.8 Å². The minimum atomic E-state index is -0.911. The summed E-state index contributed by atoms with van der Waals surface area (Å²) in [6.45, 7) is -0.229. The number of carbonyl (C=O) groups is 4. The van der Waals surface area contributed by atoms with Crippen LogP contribution >= 0.6 is 0 Å². The molecule has 1 spiro atoms. The average molecular weight is 466 g/mol. The Kier molecular flexibility index (Phi) is 6.67. The molecule has 1 saturated carbocycles. The summed E-state index contributed by atoms with van der Waals surface area (Å²) in [6, 6.07) is 12.4. The number of nitrogens with zero attached hydrogens (tertiary/aromatic N) is 1. The van der Waals surface area contributed by atoms with Gasteiger partial charge in [-0.1, -0.05) is 25.3 Å². The maximum Gasteiger partial charge on any atom is 0.344 e. The normalized spacial score (nSPS) is 16.7. The number of hydrogen-bond donors (Lipinski definition) is 3. The summed E-state index contributed by atoms with van der Waals surface area (Å²) in [7, 11) is 1.54. The largest absolute Gasteiger partial charge is 0.497 e. The predicted octanol–water partition coefficient (Wildman–Crippen LogP) is 2.61. The zero-order chi connectivity index (χ0) is 24.1. The van der Waals surface area contributed by atoms with E-state index in [0.717, 1.165) is 24.3 Å². The molecule has 3 N–H and O–H groups in total. The van der Waals surface area contributed by atoms with Crippen molar-refractivity contribution >= 4 is 29.4 Å². The number of rotatable bonds is 7. The minimum absolute atomic E-state index is 0.229. The molecule has 2 aromatic carbocycles. The number of anilines is 1. The second kappa shape index (κ2) is 9.82. The van der Waals surface area contributed by atoms with Crippen LogP contribution < -0.4 is 25.5 Å². The highest BCUT2D eigenvalue weighted by molar-refractivity contribution is 6.09. The number of amides is 5. The number of imide groups is 1. The molecule has 0 atom stereocenters. The van der Waals surface area contributed by atoms with Crippen LogP contribution in [-0.2, 0) is 9.59 Å². The van der Waals surface area contributed by atoms with Crippen LogP contribution in [0.25, 0.3) is 0 Å². The number of methoxy groups -OCH3 is 1. The van der Waals surface area contributed by atoms with Gasteiger partial charge >= 0.3 is 6.03 Å². The van der Waals surface area contributed by atoms with Crippen molar-refractivity contribution in [1.29, 1.82) is 0 Å². The van der Waals surface area contributed by atoms with Crippen LogP contribution in [0.15, 0.2) is 48.5 Å². The van der Waals surface area contributed by atoms with Crippen molar-refractivity contribution < 1.29 is 28.7 Å². The number of hydrogen-bond acceptors (Lipinski definition) is 6. The highest BCUT2D eigenvalue weighted by atomic mass is 16.5. The zero-order valence-electron chi connectivity index (χ0n) is 18.8. The molecule has 2 aromatic rings. The third kappa shape index (κ3) is 4.95. The molecule has 0 radical (unpaired) electrons. The van der Waals surface area contributed by atoms with E-state index < -0.39 is 23.4 Å². The molecule has 0 bridgehead atoms. The molecule has 1 aliphatic carbocycles. The second-order valence-electron chi connectivity index (χ2n) is 8.25. The molecular weight excluding hydrogens is 440 g/mol. The maximum atomic E-state index is 12.8. The molecule has 178 valence electrons. The summed E-state index contributed by atoms with van der Waals surface area (Å²) in [5.41, 5.74) is 2.29. The van der Waals surface area contributed by atoms with Gasteiger partial charge in [0.15, 0.2) is 6.61 Å². The molecule has 0 unspecified atom stereocenters. The number of ether oxygens (including phenoxy) is 2. The fourth-order valence-corrected chi connectivity index (χ4v) is 4.13. The van der Waals surface area contributed by atoms with E-state index in [2.05, 4.69) is 16.1 Å². The van der Waals surface area contributed by atoms with Gasteiger partial charge in [-0.05, 0) is 49.2 Å². The van der Waals surface area contributed by atoms with Gasteiger partial charge in [-0.25, -0.2) is 4.79 Å². The molecule has 2 fully saturated rings. The number of hydrazine groups is 1. The summed E-state index contributed by atoms with van der Waals surface area (Å²) in [5, 5.41) is 6.22. The van der Waals surface area contributed by atoms with Crippen LogP contribution in [0.4, 0.5) is 10.5 Å². The van der Waals surface area contributed by atoms with Crippen LogP contribution in [0.1, 0.15) is 42.5 Å². The van der Waals surface area contributed by atoms with E-state index in [1.807, 2.05) is 0 Å². The van der Waals surface area contributed by atoms with Gasteiger partial charge in [0, 0.05) is 17.3 Å². The Balaban J connectivity index is 1.30. The van der Waals surface area contributed by atoms with Crippen molar-refractivity contribution in [2.45, 2.75) is 37.6 Å². The summed E-state index contributed by atoms with van der Waals surface area (Å²) < 4.78 is 10.6. The van der Waals surface area contributed by atoms with Crippen LogP contribution in [-0.4, -0.2) is 48.0 Å². The Morgan fingerprint density at radius 2 is 1.76 bits per heavy atom. The van der Waals surface area contributed by atoms with Gasteiger partial charge in [0.05, 0.1) is 7.11 Å². The maximum absolute atomic E-state index is 12.8. The number of urea groups is 1. The Morgan fingerprint density at radius 3 is 2.47 bits per heavy atom. The SMILES string of the molecule is COc1cccc(NC(=O)COc2ccc(C(=O)NN3C(=O)NC4(CCCCC4)C3=O)cc2)c1. The van der Waals surface area contributed by atoms with Gasteiger partial charge in [-0.2, -0.15) is 5.01 Å². The molecule has 10 heteroatoms. The van der Waals surface area contributed by atoms with E-state index in [1.54, 1.807) is 31.4 Å². The Labute approximate surface area is 196 Å². The van der Waals surface area contributed by atoms with Crippen LogP contribution in [0.5, 0.6) is 11.5 Å². The molecule has 1 saturated heterocycles. The van der Waals surface area contributed by atoms with Gasteiger partial charge in [-0.15, -0.1) is 0 Å². The Morgan fingerprint density at radius 1 is 1.03 bits per heavy atom. The quantitative estimate of drug-likeness (QED) is 0.539. The minimum Gasteiger partial charge on any atom is -0.497 e. The van der Waals surface area contributed by atoms with Crippen LogP contribution in [0.3, 0.4) is 0 Å². The number of carbonyl (C=O) groups excluding carboxylic acids is 4. The standard InChI is InChI=1S/C24H26N4O6/c1-33-19-7-5-6-17(14-19)25-20(29)15-34-18-10-8-16(9-11-18)21(30)27-28-22(31)24(26-23(28)32)12-3-2-4-13-24/h5-11,14H,2-4,12-13,15H2,1H3,(H,25,29)(H,26,32)(H,27,30). The Bertz CT molecular complexity index is 1090. The third-order valence-corrected chi connectivity index (χ3v) is 5.92. The lowest BCUT2D eigenvalue weighted by atomic mass is 9.82. The second-order valence-corrected chi connectivity index (χ2v) is 8.25. The fraction of sp³-hybridized carbons (Fsp3) is 0.333. The molecular formula is C24H26N4O6. The first-order chi connectivity index (χ1) is 16.4. The van der Waals surface area contributed by atoms with Gasteiger partial charge in [0.25, 0.3) is 17.7 Å². The lowest BCUT2D eigenvalue weighted by Gasteiger charge is -2.30.